The van der Waals surface area contributed by atoms with Gasteiger partial charge < -0.3 is 10.6 Å². The van der Waals surface area contributed by atoms with Gasteiger partial charge in [0, 0.05) is 40.1 Å². The average molecular weight is 381 g/mol. The summed E-state index contributed by atoms with van der Waals surface area (Å²) in [5.41, 5.74) is 8.89. The summed E-state index contributed by atoms with van der Waals surface area (Å²) in [7, 11) is 0. The molecule has 2 N–H and O–H groups in total. The van der Waals surface area contributed by atoms with E-state index in [0.29, 0.717) is 0 Å². The Morgan fingerprint density at radius 2 is 1.92 bits per heavy atom. The van der Waals surface area contributed by atoms with Crippen molar-refractivity contribution >= 4 is 50.6 Å². The van der Waals surface area contributed by atoms with Crippen molar-refractivity contribution in [1.82, 2.24) is 19.9 Å². The molecule has 0 radical (unpaired) electrons. The van der Waals surface area contributed by atoms with Crippen LogP contribution in [-0.4, -0.2) is 26.5 Å². The Hall–Kier alpha value is -2.77. The number of nitrogen functional groups attached to an aromatic ring is 1. The Morgan fingerprint density at radius 3 is 2.77 bits per heavy atom. The summed E-state index contributed by atoms with van der Waals surface area (Å²) in [5.74, 6) is 1.16. The fraction of sp³-hybridized carbons (Fsp3) is 0.111. The number of nitrogens with zero attached hydrogens (tertiary/aromatic N) is 5. The van der Waals surface area contributed by atoms with Gasteiger partial charge in [0.2, 0.25) is 5.95 Å². The summed E-state index contributed by atoms with van der Waals surface area (Å²) < 4.78 is 0. The second kappa shape index (κ2) is 5.89. The van der Waals surface area contributed by atoms with E-state index in [1.165, 1.54) is 5.56 Å². The van der Waals surface area contributed by atoms with E-state index in [1.807, 2.05) is 12.1 Å². The van der Waals surface area contributed by atoms with Crippen LogP contribution >= 0.6 is 22.9 Å². The Balaban J connectivity index is 1.64. The Morgan fingerprint density at radius 1 is 1.08 bits per heavy atom. The monoisotopic (exact) mass is 380 g/mol. The summed E-state index contributed by atoms with van der Waals surface area (Å²) >= 11 is 7.80. The van der Waals surface area contributed by atoms with Crippen LogP contribution in [0.1, 0.15) is 5.56 Å². The van der Waals surface area contributed by atoms with E-state index in [-0.39, 0.29) is 5.95 Å². The van der Waals surface area contributed by atoms with Crippen molar-refractivity contribution in [1.29, 1.82) is 0 Å². The lowest BCUT2D eigenvalue weighted by molar-refractivity contribution is 0.975. The third-order valence-corrected chi connectivity index (χ3v) is 5.79. The molecular formula is C18H13ClN6S. The molecule has 0 saturated carbocycles. The molecule has 4 heterocycles. The van der Waals surface area contributed by atoms with Crippen LogP contribution in [0.4, 0.5) is 17.5 Å². The highest BCUT2D eigenvalue weighted by Crippen LogP contribution is 2.41. The Labute approximate surface area is 158 Å². The molecule has 0 amide bonds. The number of fused-ring (bicyclic) bond motifs is 2. The zero-order chi connectivity index (χ0) is 17.7. The van der Waals surface area contributed by atoms with Crippen LogP contribution in [-0.2, 0) is 6.42 Å². The second-order valence-corrected chi connectivity index (χ2v) is 7.50. The van der Waals surface area contributed by atoms with Gasteiger partial charge in [0.1, 0.15) is 17.0 Å². The van der Waals surface area contributed by atoms with Gasteiger partial charge in [-0.2, -0.15) is 0 Å². The molecule has 26 heavy (non-hydrogen) atoms. The van der Waals surface area contributed by atoms with Crippen LogP contribution < -0.4 is 10.6 Å². The predicted octanol–water partition coefficient (Wildman–Crippen LogP) is 4.08. The van der Waals surface area contributed by atoms with Crippen LogP contribution in [0.15, 0.2) is 43.0 Å². The maximum atomic E-state index is 6.21. The van der Waals surface area contributed by atoms with Gasteiger partial charge >= 0.3 is 0 Å². The average Bonchev–Trinajstić information content (AvgIpc) is 3.25. The first kappa shape index (κ1) is 15.5. The van der Waals surface area contributed by atoms with E-state index in [2.05, 4.69) is 37.0 Å². The molecule has 0 spiro atoms. The molecule has 5 rings (SSSR count). The molecule has 128 valence electrons. The van der Waals surface area contributed by atoms with E-state index in [4.69, 9.17) is 17.3 Å². The van der Waals surface area contributed by atoms with Gasteiger partial charge in [-0.05, 0) is 30.2 Å². The summed E-state index contributed by atoms with van der Waals surface area (Å²) in [6, 6.07) is 8.11. The number of halogens is 1. The number of thiophene rings is 1. The van der Waals surface area contributed by atoms with E-state index in [0.717, 1.165) is 50.2 Å². The molecular weight excluding hydrogens is 368 g/mol. The fourth-order valence-electron chi connectivity index (χ4n) is 3.24. The maximum absolute atomic E-state index is 6.21. The lowest BCUT2D eigenvalue weighted by Crippen LogP contribution is -2.15. The molecule has 0 unspecified atom stereocenters. The third kappa shape index (κ3) is 2.48. The standard InChI is InChI=1S/C18H13ClN6S/c19-12-2-1-10-3-4-25(14(10)5-12)16-13-6-15(26-17(13)24-9-23-16)11-7-21-18(20)22-8-11/h1-2,5-9H,3-4H2,(H2,20,21,22). The smallest absolute Gasteiger partial charge is 0.219 e. The van der Waals surface area contributed by atoms with E-state index in [1.54, 1.807) is 30.1 Å². The minimum Gasteiger partial charge on any atom is -0.368 e. The van der Waals surface area contributed by atoms with Crippen molar-refractivity contribution in [2.45, 2.75) is 6.42 Å². The first-order valence-electron chi connectivity index (χ1n) is 8.07. The van der Waals surface area contributed by atoms with E-state index >= 15 is 0 Å². The molecule has 1 aliphatic heterocycles. The maximum Gasteiger partial charge on any atom is 0.219 e. The summed E-state index contributed by atoms with van der Waals surface area (Å²) in [4.78, 5) is 21.3. The molecule has 1 aromatic carbocycles. The van der Waals surface area contributed by atoms with Gasteiger partial charge in [-0.3, -0.25) is 0 Å². The van der Waals surface area contributed by atoms with Gasteiger partial charge in [0.05, 0.1) is 5.39 Å². The Bertz CT molecular complexity index is 1120. The molecule has 3 aromatic heterocycles. The number of aromatic nitrogens is 4. The first-order valence-corrected chi connectivity index (χ1v) is 9.27. The van der Waals surface area contributed by atoms with Crippen molar-refractivity contribution in [3.63, 3.8) is 0 Å². The SMILES string of the molecule is Nc1ncc(-c2cc3c(N4CCc5ccc(Cl)cc54)ncnc3s2)cn1. The summed E-state index contributed by atoms with van der Waals surface area (Å²) in [5, 5.41) is 1.74. The molecule has 0 fully saturated rings. The number of anilines is 3. The molecule has 0 atom stereocenters. The van der Waals surface area contributed by atoms with Crippen molar-refractivity contribution in [2.75, 3.05) is 17.2 Å². The highest BCUT2D eigenvalue weighted by Gasteiger charge is 2.24. The quantitative estimate of drug-likeness (QED) is 0.564. The lowest BCUT2D eigenvalue weighted by atomic mass is 10.2. The van der Waals surface area contributed by atoms with Gasteiger partial charge in [0.25, 0.3) is 0 Å². The van der Waals surface area contributed by atoms with Crippen molar-refractivity contribution in [3.05, 3.63) is 53.6 Å². The van der Waals surface area contributed by atoms with Crippen LogP contribution in [0.5, 0.6) is 0 Å². The predicted molar refractivity (Wildman–Crippen MR) is 105 cm³/mol. The molecule has 0 saturated heterocycles. The minimum atomic E-state index is 0.265. The molecule has 0 aliphatic carbocycles. The molecule has 0 bridgehead atoms. The number of hydrogen-bond acceptors (Lipinski definition) is 7. The van der Waals surface area contributed by atoms with Crippen LogP contribution in [0.25, 0.3) is 20.7 Å². The zero-order valence-electron chi connectivity index (χ0n) is 13.6. The van der Waals surface area contributed by atoms with Crippen LogP contribution in [0.3, 0.4) is 0 Å². The molecule has 6 nitrogen and oxygen atoms in total. The minimum absolute atomic E-state index is 0.265. The van der Waals surface area contributed by atoms with Crippen LogP contribution in [0.2, 0.25) is 5.02 Å². The molecule has 1 aliphatic rings. The van der Waals surface area contributed by atoms with Gasteiger partial charge in [-0.1, -0.05) is 17.7 Å². The largest absolute Gasteiger partial charge is 0.368 e. The third-order valence-electron chi connectivity index (χ3n) is 4.46. The summed E-state index contributed by atoms with van der Waals surface area (Å²) in [6.07, 6.45) is 6.04. The Kier molecular flexibility index (Phi) is 3.51. The molecule has 8 heteroatoms. The van der Waals surface area contributed by atoms with Crippen molar-refractivity contribution in [2.24, 2.45) is 0 Å². The van der Waals surface area contributed by atoms with Gasteiger partial charge in [0.15, 0.2) is 0 Å². The van der Waals surface area contributed by atoms with Crippen LogP contribution in [0, 0.1) is 0 Å². The van der Waals surface area contributed by atoms with E-state index < -0.39 is 0 Å². The first-order chi connectivity index (χ1) is 12.7. The molecule has 4 aromatic rings. The van der Waals surface area contributed by atoms with Gasteiger partial charge in [-0.15, -0.1) is 11.3 Å². The van der Waals surface area contributed by atoms with Crippen molar-refractivity contribution < 1.29 is 0 Å². The number of hydrogen-bond donors (Lipinski definition) is 1. The van der Waals surface area contributed by atoms with Gasteiger partial charge in [-0.25, -0.2) is 19.9 Å². The normalized spacial score (nSPS) is 13.3. The second-order valence-electron chi connectivity index (χ2n) is 6.03. The zero-order valence-corrected chi connectivity index (χ0v) is 15.1. The highest BCUT2D eigenvalue weighted by molar-refractivity contribution is 7.21. The number of nitrogens with two attached hydrogens (primary N) is 1. The number of benzene rings is 1. The van der Waals surface area contributed by atoms with E-state index in [9.17, 15) is 0 Å². The highest BCUT2D eigenvalue weighted by atomic mass is 35.5. The summed E-state index contributed by atoms with van der Waals surface area (Å²) in [6.45, 7) is 0.873. The topological polar surface area (TPSA) is 80.8 Å². The fourth-order valence-corrected chi connectivity index (χ4v) is 4.37. The number of rotatable bonds is 2. The lowest BCUT2D eigenvalue weighted by Gasteiger charge is -2.19. The van der Waals surface area contributed by atoms with Crippen molar-refractivity contribution in [3.8, 4) is 10.4 Å².